The SMILES string of the molecule is CCCOCCOc1cc(C)cc(C)c1. The second kappa shape index (κ2) is 6.46. The molecule has 0 heterocycles. The monoisotopic (exact) mass is 208 g/mol. The third-order valence-electron chi connectivity index (χ3n) is 2.04. The molecular weight excluding hydrogens is 188 g/mol. The third kappa shape index (κ3) is 4.84. The molecule has 0 atom stereocenters. The topological polar surface area (TPSA) is 18.5 Å². The molecule has 0 spiro atoms. The lowest BCUT2D eigenvalue weighted by Crippen LogP contribution is -2.07. The maximum Gasteiger partial charge on any atom is 0.119 e. The highest BCUT2D eigenvalue weighted by Crippen LogP contribution is 2.15. The quantitative estimate of drug-likeness (QED) is 0.669. The summed E-state index contributed by atoms with van der Waals surface area (Å²) in [5, 5.41) is 0. The Morgan fingerprint density at radius 3 is 2.20 bits per heavy atom. The van der Waals surface area contributed by atoms with Gasteiger partial charge < -0.3 is 9.47 Å². The van der Waals surface area contributed by atoms with E-state index in [-0.39, 0.29) is 0 Å². The van der Waals surface area contributed by atoms with E-state index in [4.69, 9.17) is 9.47 Å². The molecule has 2 nitrogen and oxygen atoms in total. The van der Waals surface area contributed by atoms with Crippen LogP contribution in [0, 0.1) is 13.8 Å². The lowest BCUT2D eigenvalue weighted by Gasteiger charge is -2.08. The highest BCUT2D eigenvalue weighted by Gasteiger charge is 1.96. The molecule has 0 amide bonds. The van der Waals surface area contributed by atoms with Crippen LogP contribution in [-0.2, 0) is 4.74 Å². The van der Waals surface area contributed by atoms with E-state index < -0.39 is 0 Å². The van der Waals surface area contributed by atoms with Crippen LogP contribution >= 0.6 is 0 Å². The molecule has 0 aliphatic heterocycles. The molecule has 2 heteroatoms. The maximum atomic E-state index is 5.59. The fourth-order valence-corrected chi connectivity index (χ4v) is 1.48. The largest absolute Gasteiger partial charge is 0.491 e. The average Bonchev–Trinajstić information content (AvgIpc) is 2.16. The zero-order chi connectivity index (χ0) is 11.1. The molecule has 0 saturated heterocycles. The van der Waals surface area contributed by atoms with Crippen LogP contribution in [0.3, 0.4) is 0 Å². The fraction of sp³-hybridized carbons (Fsp3) is 0.538. The first-order valence-electron chi connectivity index (χ1n) is 5.51. The van der Waals surface area contributed by atoms with Gasteiger partial charge in [0.15, 0.2) is 0 Å². The minimum absolute atomic E-state index is 0.628. The van der Waals surface area contributed by atoms with E-state index in [1.807, 2.05) is 12.1 Å². The van der Waals surface area contributed by atoms with Crippen molar-refractivity contribution in [3.63, 3.8) is 0 Å². The van der Waals surface area contributed by atoms with Gasteiger partial charge in [0, 0.05) is 6.61 Å². The molecule has 84 valence electrons. The van der Waals surface area contributed by atoms with Gasteiger partial charge in [0.1, 0.15) is 12.4 Å². The molecule has 15 heavy (non-hydrogen) atoms. The van der Waals surface area contributed by atoms with Crippen molar-refractivity contribution >= 4 is 0 Å². The highest BCUT2D eigenvalue weighted by molar-refractivity contribution is 5.32. The van der Waals surface area contributed by atoms with Crippen LogP contribution in [-0.4, -0.2) is 19.8 Å². The summed E-state index contributed by atoms with van der Waals surface area (Å²) >= 11 is 0. The first-order valence-corrected chi connectivity index (χ1v) is 5.51. The Labute approximate surface area is 92.2 Å². The molecule has 0 fully saturated rings. The van der Waals surface area contributed by atoms with Crippen molar-refractivity contribution in [3.05, 3.63) is 29.3 Å². The summed E-state index contributed by atoms with van der Waals surface area (Å²) in [5.74, 6) is 0.938. The average molecular weight is 208 g/mol. The standard InChI is InChI=1S/C13H20O2/c1-4-5-14-6-7-15-13-9-11(2)8-12(3)10-13/h8-10H,4-7H2,1-3H3. The minimum Gasteiger partial charge on any atom is -0.491 e. The molecule has 0 aliphatic carbocycles. The third-order valence-corrected chi connectivity index (χ3v) is 2.04. The number of rotatable bonds is 6. The van der Waals surface area contributed by atoms with Gasteiger partial charge in [-0.1, -0.05) is 13.0 Å². The molecule has 0 aliphatic rings. The molecule has 1 aromatic rings. The van der Waals surface area contributed by atoms with Crippen molar-refractivity contribution in [2.45, 2.75) is 27.2 Å². The van der Waals surface area contributed by atoms with Gasteiger partial charge in [-0.15, -0.1) is 0 Å². The van der Waals surface area contributed by atoms with E-state index in [9.17, 15) is 0 Å². The highest BCUT2D eigenvalue weighted by atomic mass is 16.5. The van der Waals surface area contributed by atoms with Crippen LogP contribution in [0.25, 0.3) is 0 Å². The Hall–Kier alpha value is -1.02. The molecular formula is C13H20O2. The molecule has 0 radical (unpaired) electrons. The number of hydrogen-bond acceptors (Lipinski definition) is 2. The van der Waals surface area contributed by atoms with Crippen LogP contribution in [0.4, 0.5) is 0 Å². The van der Waals surface area contributed by atoms with E-state index >= 15 is 0 Å². The predicted molar refractivity (Wildman–Crippen MR) is 62.5 cm³/mol. The van der Waals surface area contributed by atoms with Gasteiger partial charge in [-0.05, 0) is 43.5 Å². The number of ether oxygens (including phenoxy) is 2. The van der Waals surface area contributed by atoms with Gasteiger partial charge in [0.25, 0.3) is 0 Å². The predicted octanol–water partition coefficient (Wildman–Crippen LogP) is 3.11. The number of benzene rings is 1. The Balaban J connectivity index is 2.31. The first-order chi connectivity index (χ1) is 7.22. The zero-order valence-electron chi connectivity index (χ0n) is 9.88. The van der Waals surface area contributed by atoms with Crippen LogP contribution in [0.5, 0.6) is 5.75 Å². The lowest BCUT2D eigenvalue weighted by atomic mass is 10.1. The van der Waals surface area contributed by atoms with Gasteiger partial charge in [-0.2, -0.15) is 0 Å². The summed E-state index contributed by atoms with van der Waals surface area (Å²) in [5.41, 5.74) is 2.47. The summed E-state index contributed by atoms with van der Waals surface area (Å²) < 4.78 is 10.9. The summed E-state index contributed by atoms with van der Waals surface area (Å²) in [4.78, 5) is 0. The lowest BCUT2D eigenvalue weighted by molar-refractivity contribution is 0.101. The zero-order valence-corrected chi connectivity index (χ0v) is 9.88. The van der Waals surface area contributed by atoms with Crippen molar-refractivity contribution in [1.82, 2.24) is 0 Å². The van der Waals surface area contributed by atoms with Crippen molar-refractivity contribution in [2.24, 2.45) is 0 Å². The van der Waals surface area contributed by atoms with Crippen LogP contribution in [0.15, 0.2) is 18.2 Å². The van der Waals surface area contributed by atoms with Gasteiger partial charge in [-0.25, -0.2) is 0 Å². The Morgan fingerprint density at radius 1 is 0.933 bits per heavy atom. The number of hydrogen-bond donors (Lipinski definition) is 0. The summed E-state index contributed by atoms with van der Waals surface area (Å²) in [6.45, 7) is 8.37. The number of aryl methyl sites for hydroxylation is 2. The van der Waals surface area contributed by atoms with Crippen molar-refractivity contribution < 1.29 is 9.47 Å². The Bertz CT molecular complexity index is 274. The molecule has 0 aromatic heterocycles. The Morgan fingerprint density at radius 2 is 1.60 bits per heavy atom. The smallest absolute Gasteiger partial charge is 0.119 e. The second-order valence-electron chi connectivity index (χ2n) is 3.78. The summed E-state index contributed by atoms with van der Waals surface area (Å²) in [6, 6.07) is 6.24. The maximum absolute atomic E-state index is 5.59. The van der Waals surface area contributed by atoms with Crippen molar-refractivity contribution in [3.8, 4) is 5.75 Å². The van der Waals surface area contributed by atoms with Gasteiger partial charge >= 0.3 is 0 Å². The van der Waals surface area contributed by atoms with Crippen LogP contribution < -0.4 is 4.74 Å². The van der Waals surface area contributed by atoms with Gasteiger partial charge in [-0.3, -0.25) is 0 Å². The van der Waals surface area contributed by atoms with Crippen LogP contribution in [0.2, 0.25) is 0 Å². The van der Waals surface area contributed by atoms with Crippen LogP contribution in [0.1, 0.15) is 24.5 Å². The van der Waals surface area contributed by atoms with E-state index in [2.05, 4.69) is 26.8 Å². The molecule has 1 rings (SSSR count). The van der Waals surface area contributed by atoms with Gasteiger partial charge in [0.05, 0.1) is 6.61 Å². The summed E-state index contributed by atoms with van der Waals surface area (Å²) in [6.07, 6.45) is 1.06. The minimum atomic E-state index is 0.628. The van der Waals surface area contributed by atoms with E-state index in [1.165, 1.54) is 11.1 Å². The first kappa shape index (κ1) is 12.1. The molecule has 0 bridgehead atoms. The van der Waals surface area contributed by atoms with E-state index in [0.29, 0.717) is 13.2 Å². The molecule has 0 N–H and O–H groups in total. The van der Waals surface area contributed by atoms with Crippen molar-refractivity contribution in [1.29, 1.82) is 0 Å². The van der Waals surface area contributed by atoms with Gasteiger partial charge in [0.2, 0.25) is 0 Å². The normalized spacial score (nSPS) is 10.3. The molecule has 1 aromatic carbocycles. The fourth-order valence-electron chi connectivity index (χ4n) is 1.48. The second-order valence-corrected chi connectivity index (χ2v) is 3.78. The summed E-state index contributed by atoms with van der Waals surface area (Å²) in [7, 11) is 0. The Kier molecular flexibility index (Phi) is 5.19. The van der Waals surface area contributed by atoms with E-state index in [0.717, 1.165) is 18.8 Å². The molecule has 0 saturated carbocycles. The van der Waals surface area contributed by atoms with E-state index in [1.54, 1.807) is 0 Å². The van der Waals surface area contributed by atoms with Crippen molar-refractivity contribution in [2.75, 3.05) is 19.8 Å². The molecule has 0 unspecified atom stereocenters.